The zero-order chi connectivity index (χ0) is 24.3. The first-order valence-electron chi connectivity index (χ1n) is 11.9. The van der Waals surface area contributed by atoms with Gasteiger partial charge in [0.2, 0.25) is 0 Å². The van der Waals surface area contributed by atoms with E-state index in [4.69, 9.17) is 4.74 Å². The van der Waals surface area contributed by atoms with Crippen LogP contribution in [0.5, 0.6) is 0 Å². The Kier molecular flexibility index (Phi) is 6.66. The van der Waals surface area contributed by atoms with Gasteiger partial charge in [-0.25, -0.2) is 12.7 Å². The van der Waals surface area contributed by atoms with Crippen LogP contribution in [-0.4, -0.2) is 30.5 Å². The highest BCUT2D eigenvalue weighted by Gasteiger charge is 2.40. The van der Waals surface area contributed by atoms with E-state index in [1.54, 1.807) is 18.3 Å². The molecule has 1 aromatic heterocycles. The minimum absolute atomic E-state index is 0.0188. The zero-order valence-corrected chi connectivity index (χ0v) is 20.4. The van der Waals surface area contributed by atoms with Crippen LogP contribution in [0.15, 0.2) is 108 Å². The van der Waals surface area contributed by atoms with E-state index in [2.05, 4.69) is 23.2 Å². The summed E-state index contributed by atoms with van der Waals surface area (Å²) in [6.07, 6.45) is 4.36. The Morgan fingerprint density at radius 3 is 2.37 bits per heavy atom. The molecule has 2 atom stereocenters. The van der Waals surface area contributed by atoms with Crippen LogP contribution in [0.25, 0.3) is 16.6 Å². The van der Waals surface area contributed by atoms with Gasteiger partial charge in [0.05, 0.1) is 11.2 Å². The molecule has 2 heterocycles. The molecule has 0 bridgehead atoms. The summed E-state index contributed by atoms with van der Waals surface area (Å²) in [6.45, 7) is 2.49. The zero-order valence-electron chi connectivity index (χ0n) is 19.6. The summed E-state index contributed by atoms with van der Waals surface area (Å²) >= 11 is 0. The highest BCUT2D eigenvalue weighted by atomic mass is 32.2. The van der Waals surface area contributed by atoms with E-state index in [0.29, 0.717) is 24.2 Å². The Hall–Kier alpha value is -3.48. The topological polar surface area (TPSA) is 59.5 Å². The van der Waals surface area contributed by atoms with Crippen LogP contribution in [0.2, 0.25) is 0 Å². The second kappa shape index (κ2) is 10.0. The molecule has 5 rings (SSSR count). The average Bonchev–Trinajstić information content (AvgIpc) is 2.92. The first-order valence-corrected chi connectivity index (χ1v) is 13.4. The Bertz CT molecular complexity index is 1430. The second-order valence-corrected chi connectivity index (χ2v) is 10.4. The van der Waals surface area contributed by atoms with Crippen molar-refractivity contribution < 1.29 is 13.2 Å². The number of allylic oxidation sites excluding steroid dienone is 1. The molecular formula is C29H28N2O3S. The number of rotatable bonds is 7. The van der Waals surface area contributed by atoms with Gasteiger partial charge in [-0.3, -0.25) is 4.98 Å². The van der Waals surface area contributed by atoms with E-state index in [1.165, 1.54) is 4.31 Å². The summed E-state index contributed by atoms with van der Waals surface area (Å²) in [4.78, 5) is 4.60. The normalized spacial score (nSPS) is 18.4. The lowest BCUT2D eigenvalue weighted by Gasteiger charge is -2.40. The van der Waals surface area contributed by atoms with Crippen LogP contribution in [0.1, 0.15) is 36.8 Å². The van der Waals surface area contributed by atoms with Crippen LogP contribution in [-0.2, 0) is 14.8 Å². The fourth-order valence-electron chi connectivity index (χ4n) is 4.63. The minimum Gasteiger partial charge on any atom is -0.357 e. The molecule has 4 aromatic rings. The Balaban J connectivity index is 1.71. The number of hydrogen-bond acceptors (Lipinski definition) is 4. The van der Waals surface area contributed by atoms with E-state index in [9.17, 15) is 8.42 Å². The highest BCUT2D eigenvalue weighted by Crippen LogP contribution is 2.41. The van der Waals surface area contributed by atoms with Crippen molar-refractivity contribution in [3.63, 3.8) is 0 Å². The molecule has 0 amide bonds. The fourth-order valence-corrected chi connectivity index (χ4v) is 6.39. The number of pyridine rings is 1. The van der Waals surface area contributed by atoms with Crippen molar-refractivity contribution in [1.29, 1.82) is 0 Å². The number of sulfonamides is 1. The summed E-state index contributed by atoms with van der Waals surface area (Å²) in [6, 6.07) is 28.8. The molecule has 35 heavy (non-hydrogen) atoms. The molecule has 0 spiro atoms. The first kappa shape index (κ1) is 23.3. The van der Waals surface area contributed by atoms with Crippen molar-refractivity contribution in [3.8, 4) is 0 Å². The summed E-state index contributed by atoms with van der Waals surface area (Å²) < 4.78 is 36.5. The smallest absolute Gasteiger partial charge is 0.268 e. The summed E-state index contributed by atoms with van der Waals surface area (Å²) in [7, 11) is -3.99. The van der Waals surface area contributed by atoms with Crippen LogP contribution >= 0.6 is 0 Å². The molecule has 0 N–H and O–H groups in total. The van der Waals surface area contributed by atoms with Gasteiger partial charge in [0.25, 0.3) is 10.0 Å². The molecule has 6 heteroatoms. The number of nitrogens with zero attached hydrogens (tertiary/aromatic N) is 2. The third-order valence-electron chi connectivity index (χ3n) is 6.26. The lowest BCUT2D eigenvalue weighted by molar-refractivity contribution is -0.00963. The SMILES string of the molecule is CCCO[C@@H]1C[C@H](c2ccccc2)C=C(c2ccccc2)N1S(=O)(=O)c1cccc2cccnc12. The van der Waals surface area contributed by atoms with Gasteiger partial charge < -0.3 is 4.74 Å². The average molecular weight is 485 g/mol. The monoisotopic (exact) mass is 484 g/mol. The summed E-state index contributed by atoms with van der Waals surface area (Å²) in [5.41, 5.74) is 3.05. The molecule has 5 nitrogen and oxygen atoms in total. The predicted molar refractivity (Wildman–Crippen MR) is 139 cm³/mol. The molecule has 0 aliphatic carbocycles. The van der Waals surface area contributed by atoms with Gasteiger partial charge in [-0.2, -0.15) is 0 Å². The second-order valence-electron chi connectivity index (χ2n) is 8.63. The molecular weight excluding hydrogens is 456 g/mol. The molecule has 178 valence electrons. The van der Waals surface area contributed by atoms with Crippen molar-refractivity contribution in [2.45, 2.75) is 36.8 Å². The Labute approximate surface area is 206 Å². The van der Waals surface area contributed by atoms with Crippen molar-refractivity contribution in [3.05, 3.63) is 114 Å². The summed E-state index contributed by atoms with van der Waals surface area (Å²) in [5.74, 6) is 0.0188. The number of hydrogen-bond donors (Lipinski definition) is 0. The lowest BCUT2D eigenvalue weighted by atomic mass is 9.90. The largest absolute Gasteiger partial charge is 0.357 e. The van der Waals surface area contributed by atoms with E-state index >= 15 is 0 Å². The third-order valence-corrected chi connectivity index (χ3v) is 8.09. The molecule has 0 saturated heterocycles. The maximum absolute atomic E-state index is 14.4. The van der Waals surface area contributed by atoms with Crippen molar-refractivity contribution in [1.82, 2.24) is 9.29 Å². The van der Waals surface area contributed by atoms with Gasteiger partial charge in [-0.15, -0.1) is 0 Å². The fraction of sp³-hybridized carbons (Fsp3) is 0.207. The van der Waals surface area contributed by atoms with Gasteiger partial charge in [-0.05, 0) is 29.7 Å². The lowest BCUT2D eigenvalue weighted by Crippen LogP contribution is -2.44. The van der Waals surface area contributed by atoms with Gasteiger partial charge in [0, 0.05) is 30.5 Å². The quantitative estimate of drug-likeness (QED) is 0.313. The highest BCUT2D eigenvalue weighted by molar-refractivity contribution is 7.89. The molecule has 0 fully saturated rings. The van der Waals surface area contributed by atoms with Crippen LogP contribution < -0.4 is 0 Å². The maximum Gasteiger partial charge on any atom is 0.268 e. The number of benzene rings is 3. The first-order chi connectivity index (χ1) is 17.1. The van der Waals surface area contributed by atoms with Crippen molar-refractivity contribution in [2.75, 3.05) is 6.61 Å². The van der Waals surface area contributed by atoms with E-state index in [0.717, 1.165) is 22.9 Å². The molecule has 0 radical (unpaired) electrons. The number of fused-ring (bicyclic) bond motifs is 1. The Morgan fingerprint density at radius 1 is 0.914 bits per heavy atom. The van der Waals surface area contributed by atoms with Crippen LogP contribution in [0, 0.1) is 0 Å². The van der Waals surface area contributed by atoms with Gasteiger partial charge in [-0.1, -0.05) is 91.9 Å². The molecule has 3 aromatic carbocycles. The number of aromatic nitrogens is 1. The predicted octanol–water partition coefficient (Wildman–Crippen LogP) is 6.21. The number of para-hydroxylation sites is 1. The standard InChI is InChI=1S/C29H28N2O3S/c1-2-19-34-28-21-25(22-11-5-3-6-12-22)20-26(23-13-7-4-8-14-23)31(28)35(32,33)27-17-9-15-24-16-10-18-30-29(24)27/h3-18,20,25,28H,2,19,21H2,1H3/t25-,28-/m1/s1. The molecule has 0 saturated carbocycles. The van der Waals surface area contributed by atoms with E-state index in [-0.39, 0.29) is 10.8 Å². The van der Waals surface area contributed by atoms with Gasteiger partial charge in [0.1, 0.15) is 11.1 Å². The molecule has 0 unspecified atom stereocenters. The van der Waals surface area contributed by atoms with Crippen molar-refractivity contribution in [2.24, 2.45) is 0 Å². The van der Waals surface area contributed by atoms with Crippen LogP contribution in [0.3, 0.4) is 0 Å². The third kappa shape index (κ3) is 4.59. The van der Waals surface area contributed by atoms with Gasteiger partial charge >= 0.3 is 0 Å². The van der Waals surface area contributed by atoms with E-state index < -0.39 is 16.3 Å². The Morgan fingerprint density at radius 2 is 1.63 bits per heavy atom. The van der Waals surface area contributed by atoms with E-state index in [1.807, 2.05) is 73.7 Å². The summed E-state index contributed by atoms with van der Waals surface area (Å²) in [5, 5.41) is 0.781. The van der Waals surface area contributed by atoms with Crippen molar-refractivity contribution >= 4 is 26.6 Å². The minimum atomic E-state index is -3.99. The number of ether oxygens (including phenoxy) is 1. The van der Waals surface area contributed by atoms with Gasteiger partial charge in [0.15, 0.2) is 0 Å². The maximum atomic E-state index is 14.4. The molecule has 1 aliphatic rings. The van der Waals surface area contributed by atoms with Crippen LogP contribution in [0.4, 0.5) is 0 Å². The molecule has 1 aliphatic heterocycles.